The lowest BCUT2D eigenvalue weighted by Crippen LogP contribution is -2.03. The number of rotatable bonds is 4. The van der Waals surface area contributed by atoms with Gasteiger partial charge in [-0.25, -0.2) is 4.79 Å². The van der Waals surface area contributed by atoms with Gasteiger partial charge in [0.25, 0.3) is 0 Å². The number of carboxylic acids is 1. The van der Waals surface area contributed by atoms with Crippen molar-refractivity contribution < 1.29 is 14.6 Å². The zero-order valence-electron chi connectivity index (χ0n) is 11.4. The fourth-order valence-electron chi connectivity index (χ4n) is 1.87. The molecule has 0 spiro atoms. The zero-order chi connectivity index (χ0) is 15.6. The van der Waals surface area contributed by atoms with Crippen LogP contribution in [0.2, 0.25) is 0 Å². The molecule has 0 fully saturated rings. The van der Waals surface area contributed by atoms with Gasteiger partial charge in [0, 0.05) is 10.5 Å². The highest BCUT2D eigenvalue weighted by atomic mass is 79.9. The summed E-state index contributed by atoms with van der Waals surface area (Å²) in [6.45, 7) is 1.86. The molecule has 0 radical (unpaired) electrons. The molecule has 21 heavy (non-hydrogen) atoms. The van der Waals surface area contributed by atoms with Gasteiger partial charge in [-0.3, -0.25) is 0 Å². The minimum Gasteiger partial charge on any atom is -0.495 e. The predicted molar refractivity (Wildman–Crippen MR) is 89.8 cm³/mol. The first-order valence-corrected chi connectivity index (χ1v) is 7.65. The minimum atomic E-state index is -0.971. The van der Waals surface area contributed by atoms with Gasteiger partial charge in [0.15, 0.2) is 0 Å². The van der Waals surface area contributed by atoms with Crippen LogP contribution in [-0.2, 0) is 0 Å². The topological polar surface area (TPSA) is 58.6 Å². The molecular formula is C15H13Br2NO3. The summed E-state index contributed by atoms with van der Waals surface area (Å²) in [5.41, 5.74) is 2.37. The van der Waals surface area contributed by atoms with E-state index in [4.69, 9.17) is 4.74 Å². The van der Waals surface area contributed by atoms with Crippen molar-refractivity contribution in [3.05, 3.63) is 50.4 Å². The summed E-state index contributed by atoms with van der Waals surface area (Å²) in [6, 6.07) is 8.88. The van der Waals surface area contributed by atoms with Crippen molar-refractivity contribution in [2.45, 2.75) is 6.92 Å². The molecule has 0 unspecified atom stereocenters. The van der Waals surface area contributed by atoms with Crippen LogP contribution in [-0.4, -0.2) is 18.2 Å². The van der Waals surface area contributed by atoms with Crippen molar-refractivity contribution in [1.82, 2.24) is 0 Å². The van der Waals surface area contributed by atoms with Gasteiger partial charge in [-0.2, -0.15) is 0 Å². The molecule has 0 amide bonds. The van der Waals surface area contributed by atoms with Gasteiger partial charge >= 0.3 is 5.97 Å². The third-order valence-electron chi connectivity index (χ3n) is 2.92. The Morgan fingerprint density at radius 1 is 1.14 bits per heavy atom. The molecule has 2 rings (SSSR count). The highest BCUT2D eigenvalue weighted by Crippen LogP contribution is 2.36. The van der Waals surface area contributed by atoms with E-state index >= 15 is 0 Å². The van der Waals surface area contributed by atoms with Gasteiger partial charge in [-0.05, 0) is 57.0 Å². The van der Waals surface area contributed by atoms with Crippen molar-refractivity contribution in [1.29, 1.82) is 0 Å². The van der Waals surface area contributed by atoms with Crippen LogP contribution in [0.3, 0.4) is 0 Å². The second kappa shape index (κ2) is 6.49. The number of anilines is 2. The first-order chi connectivity index (χ1) is 9.92. The molecule has 0 bridgehead atoms. The highest BCUT2D eigenvalue weighted by Gasteiger charge is 2.13. The number of nitrogens with one attached hydrogen (secondary N) is 1. The van der Waals surface area contributed by atoms with Crippen molar-refractivity contribution >= 4 is 49.2 Å². The van der Waals surface area contributed by atoms with Crippen LogP contribution in [0.5, 0.6) is 5.75 Å². The van der Waals surface area contributed by atoms with E-state index in [1.54, 1.807) is 25.3 Å². The predicted octanol–water partition coefficient (Wildman–Crippen LogP) is 4.97. The summed E-state index contributed by atoms with van der Waals surface area (Å²) in [6.07, 6.45) is 0. The Bertz CT molecular complexity index is 702. The molecule has 4 nitrogen and oxygen atoms in total. The molecular weight excluding hydrogens is 402 g/mol. The average molecular weight is 415 g/mol. The van der Waals surface area contributed by atoms with Crippen LogP contribution in [0.1, 0.15) is 15.9 Å². The molecule has 0 saturated heterocycles. The molecule has 0 aliphatic carbocycles. The maximum absolute atomic E-state index is 11.3. The maximum atomic E-state index is 11.3. The van der Waals surface area contributed by atoms with E-state index in [9.17, 15) is 9.90 Å². The van der Waals surface area contributed by atoms with Gasteiger partial charge in [0.2, 0.25) is 0 Å². The van der Waals surface area contributed by atoms with E-state index in [1.807, 2.05) is 19.1 Å². The van der Waals surface area contributed by atoms with Crippen LogP contribution in [0.25, 0.3) is 0 Å². The van der Waals surface area contributed by atoms with Gasteiger partial charge in [-0.1, -0.05) is 11.6 Å². The Labute approximate surface area is 139 Å². The van der Waals surface area contributed by atoms with E-state index < -0.39 is 5.97 Å². The number of hydrogen-bond acceptors (Lipinski definition) is 3. The summed E-state index contributed by atoms with van der Waals surface area (Å²) in [5.74, 6) is -0.314. The molecule has 2 aromatic rings. The number of halogens is 2. The highest BCUT2D eigenvalue weighted by molar-refractivity contribution is 9.11. The molecule has 2 aromatic carbocycles. The van der Waals surface area contributed by atoms with Gasteiger partial charge in [-0.15, -0.1) is 0 Å². The van der Waals surface area contributed by atoms with E-state index in [-0.39, 0.29) is 5.56 Å². The van der Waals surface area contributed by atoms with E-state index in [0.29, 0.717) is 11.4 Å². The number of hydrogen-bond donors (Lipinski definition) is 2. The molecule has 0 heterocycles. The van der Waals surface area contributed by atoms with Crippen LogP contribution in [0.15, 0.2) is 39.3 Å². The normalized spacial score (nSPS) is 10.3. The van der Waals surface area contributed by atoms with Crippen molar-refractivity contribution in [3.63, 3.8) is 0 Å². The fraction of sp³-hybridized carbons (Fsp3) is 0.133. The number of ether oxygens (including phenoxy) is 1. The summed E-state index contributed by atoms with van der Waals surface area (Å²) in [7, 11) is 1.58. The summed E-state index contributed by atoms with van der Waals surface area (Å²) in [5, 5.41) is 12.4. The largest absolute Gasteiger partial charge is 0.495 e. The SMILES string of the molecule is COc1cc(Nc2ccc(C)cc2C(=O)O)c(Br)cc1Br. The standard InChI is InChI=1S/C15H13Br2NO3/c1-8-3-4-12(9(5-8)15(19)20)18-13-7-14(21-2)11(17)6-10(13)16/h3-7,18H,1-2H3,(H,19,20). The number of aromatic carboxylic acids is 1. The third-order valence-corrected chi connectivity index (χ3v) is 4.19. The van der Waals surface area contributed by atoms with Gasteiger partial charge in [0.1, 0.15) is 5.75 Å². The smallest absolute Gasteiger partial charge is 0.337 e. The third kappa shape index (κ3) is 3.57. The second-order valence-corrected chi connectivity index (χ2v) is 6.15. The number of benzene rings is 2. The summed E-state index contributed by atoms with van der Waals surface area (Å²) in [4.78, 5) is 11.3. The molecule has 110 valence electrons. The quantitative estimate of drug-likeness (QED) is 0.741. The van der Waals surface area contributed by atoms with Crippen LogP contribution in [0, 0.1) is 6.92 Å². The van der Waals surface area contributed by atoms with E-state index in [1.165, 1.54) is 0 Å². The number of methoxy groups -OCH3 is 1. The zero-order valence-corrected chi connectivity index (χ0v) is 14.6. The first-order valence-electron chi connectivity index (χ1n) is 6.06. The lowest BCUT2D eigenvalue weighted by Gasteiger charge is -2.14. The molecule has 6 heteroatoms. The Balaban J connectivity index is 2.45. The molecule has 2 N–H and O–H groups in total. The molecule has 0 aliphatic rings. The van der Waals surface area contributed by atoms with Gasteiger partial charge < -0.3 is 15.2 Å². The Kier molecular flexibility index (Phi) is 4.90. The first kappa shape index (κ1) is 15.9. The average Bonchev–Trinajstić information content (AvgIpc) is 2.43. The Hall–Kier alpha value is -1.53. The van der Waals surface area contributed by atoms with Crippen LogP contribution >= 0.6 is 31.9 Å². The van der Waals surface area contributed by atoms with Crippen molar-refractivity contribution in [3.8, 4) is 5.75 Å². The Morgan fingerprint density at radius 3 is 2.48 bits per heavy atom. The van der Waals surface area contributed by atoms with Crippen LogP contribution in [0.4, 0.5) is 11.4 Å². The summed E-state index contributed by atoms with van der Waals surface area (Å²) < 4.78 is 6.86. The lowest BCUT2D eigenvalue weighted by molar-refractivity contribution is 0.0698. The van der Waals surface area contributed by atoms with E-state index in [2.05, 4.69) is 37.2 Å². The molecule has 0 atom stereocenters. The fourth-order valence-corrected chi connectivity index (χ4v) is 3.13. The summed E-state index contributed by atoms with van der Waals surface area (Å²) >= 11 is 6.85. The monoisotopic (exact) mass is 413 g/mol. The van der Waals surface area contributed by atoms with Crippen molar-refractivity contribution in [2.75, 3.05) is 12.4 Å². The second-order valence-electron chi connectivity index (χ2n) is 4.45. The molecule has 0 saturated carbocycles. The van der Waals surface area contributed by atoms with Gasteiger partial charge in [0.05, 0.1) is 28.5 Å². The van der Waals surface area contributed by atoms with E-state index in [0.717, 1.165) is 20.2 Å². The maximum Gasteiger partial charge on any atom is 0.337 e. The molecule has 0 aliphatic heterocycles. The molecule has 0 aromatic heterocycles. The number of carbonyl (C=O) groups is 1. The minimum absolute atomic E-state index is 0.226. The van der Waals surface area contributed by atoms with Crippen LogP contribution < -0.4 is 10.1 Å². The number of carboxylic acid groups (broad SMARTS) is 1. The number of aryl methyl sites for hydroxylation is 1. The Morgan fingerprint density at radius 2 is 1.86 bits per heavy atom. The van der Waals surface area contributed by atoms with Crippen molar-refractivity contribution in [2.24, 2.45) is 0 Å². The lowest BCUT2D eigenvalue weighted by atomic mass is 10.1.